The van der Waals surface area contributed by atoms with E-state index < -0.39 is 23.4 Å². The van der Waals surface area contributed by atoms with Crippen molar-refractivity contribution in [1.82, 2.24) is 19.0 Å². The van der Waals surface area contributed by atoms with Crippen LogP contribution >= 0.6 is 0 Å². The average molecular weight is 547 g/mol. The maximum atomic E-state index is 15.1. The molecule has 4 aromatic rings. The van der Waals surface area contributed by atoms with Crippen LogP contribution in [0.15, 0.2) is 84.0 Å². The molecule has 9 heteroatoms. The van der Waals surface area contributed by atoms with E-state index in [1.165, 1.54) is 10.9 Å². The minimum absolute atomic E-state index is 0.0431. The van der Waals surface area contributed by atoms with Gasteiger partial charge in [-0.1, -0.05) is 48.5 Å². The second-order valence-electron chi connectivity index (χ2n) is 11.1. The normalized spacial score (nSPS) is 22.3. The van der Waals surface area contributed by atoms with E-state index in [0.717, 1.165) is 5.69 Å². The molecule has 40 heavy (non-hydrogen) atoms. The summed E-state index contributed by atoms with van der Waals surface area (Å²) < 4.78 is 33.5. The molecule has 0 spiro atoms. The molecule has 0 bridgehead atoms. The number of halogens is 2. The Morgan fingerprint density at radius 3 is 2.35 bits per heavy atom. The first-order valence-corrected chi connectivity index (χ1v) is 13.8. The lowest BCUT2D eigenvalue weighted by atomic mass is 9.72. The van der Waals surface area contributed by atoms with Crippen molar-refractivity contribution in [2.75, 3.05) is 13.1 Å². The first kappa shape index (κ1) is 26.4. The van der Waals surface area contributed by atoms with Crippen molar-refractivity contribution in [2.45, 2.75) is 56.1 Å². The number of aliphatic hydroxyl groups is 1. The predicted octanol–water partition coefficient (Wildman–Crippen LogP) is 4.76. The maximum absolute atomic E-state index is 15.1. The highest BCUT2D eigenvalue weighted by Gasteiger charge is 2.51. The number of piperidine rings is 1. The molecule has 0 radical (unpaired) electrons. The van der Waals surface area contributed by atoms with E-state index >= 15 is 8.78 Å². The molecule has 2 aliphatic rings. The van der Waals surface area contributed by atoms with Crippen LogP contribution in [0.1, 0.15) is 43.6 Å². The number of benzene rings is 2. The van der Waals surface area contributed by atoms with E-state index in [0.29, 0.717) is 29.4 Å². The average Bonchev–Trinajstić information content (AvgIpc) is 3.40. The van der Waals surface area contributed by atoms with Gasteiger partial charge in [-0.2, -0.15) is 0 Å². The molecule has 0 unspecified atom stereocenters. The van der Waals surface area contributed by atoms with Gasteiger partial charge in [0.05, 0.1) is 29.4 Å². The largest absolute Gasteiger partial charge is 0.388 e. The van der Waals surface area contributed by atoms with E-state index in [1.807, 2.05) is 34.9 Å². The molecule has 1 aliphatic heterocycles. The number of para-hydroxylation sites is 1. The summed E-state index contributed by atoms with van der Waals surface area (Å²) in [4.78, 5) is 32.9. The van der Waals surface area contributed by atoms with E-state index in [1.54, 1.807) is 47.5 Å². The molecule has 1 saturated heterocycles. The highest BCUT2D eigenvalue weighted by atomic mass is 19.3. The van der Waals surface area contributed by atoms with Crippen molar-refractivity contribution in [3.63, 3.8) is 0 Å². The van der Waals surface area contributed by atoms with Crippen LogP contribution in [0.25, 0.3) is 16.7 Å². The Bertz CT molecular complexity index is 1560. The zero-order valence-corrected chi connectivity index (χ0v) is 22.1. The van der Waals surface area contributed by atoms with Crippen molar-refractivity contribution in [1.29, 1.82) is 0 Å². The van der Waals surface area contributed by atoms with Crippen molar-refractivity contribution in [3.05, 3.63) is 95.2 Å². The van der Waals surface area contributed by atoms with E-state index in [-0.39, 0.29) is 50.4 Å². The Hall–Kier alpha value is -3.85. The molecular formula is C31H32F2N4O3. The van der Waals surface area contributed by atoms with Crippen molar-refractivity contribution >= 4 is 16.9 Å². The second kappa shape index (κ2) is 10.3. The minimum atomic E-state index is -2.96. The molecule has 7 nitrogen and oxygen atoms in total. The summed E-state index contributed by atoms with van der Waals surface area (Å²) in [5.41, 5.74) is 0.456. The summed E-state index contributed by atoms with van der Waals surface area (Å²) in [7, 11) is 0. The molecular weight excluding hydrogens is 514 g/mol. The van der Waals surface area contributed by atoms with Crippen LogP contribution in [0, 0.1) is 5.92 Å². The Morgan fingerprint density at radius 2 is 1.65 bits per heavy atom. The number of hydrogen-bond acceptors (Lipinski definition) is 4. The number of carbonyl (C=O) groups excluding carboxylic acids is 1. The van der Waals surface area contributed by atoms with Gasteiger partial charge in [-0.15, -0.1) is 0 Å². The predicted molar refractivity (Wildman–Crippen MR) is 148 cm³/mol. The number of likely N-dealkylation sites (tertiary alicyclic amines) is 1. The molecule has 1 aliphatic carbocycles. The molecule has 2 aromatic heterocycles. The van der Waals surface area contributed by atoms with Gasteiger partial charge < -0.3 is 14.6 Å². The SMILES string of the molecule is O=C([C@@H]1CCCC(F)(F)[C@H]1c1ccccc1)N1CCC(O)(Cn2cnc3c(ccn3-c3ccccc3)c2=O)CC1. The minimum Gasteiger partial charge on any atom is -0.388 e. The van der Waals surface area contributed by atoms with Gasteiger partial charge in [0.15, 0.2) is 5.65 Å². The fraction of sp³-hybridized carbons (Fsp3) is 0.387. The van der Waals surface area contributed by atoms with Crippen LogP contribution in [-0.4, -0.2) is 54.6 Å². The molecule has 208 valence electrons. The highest BCUT2D eigenvalue weighted by molar-refractivity contribution is 5.80. The van der Waals surface area contributed by atoms with Gasteiger partial charge in [-0.3, -0.25) is 14.2 Å². The molecule has 2 aromatic carbocycles. The molecule has 2 fully saturated rings. The van der Waals surface area contributed by atoms with Crippen LogP contribution in [0.4, 0.5) is 8.78 Å². The standard InChI is InChI=1S/C31H32F2N4O3/c32-31(33)14-7-12-24(26(31)22-8-3-1-4-9-22)28(38)35-18-15-30(40,16-19-35)20-36-21-34-27-25(29(36)39)13-17-37(27)23-10-5-2-6-11-23/h1-6,8-11,13,17,21,24,26,40H,7,12,14-16,18-20H2/t24-,26+/m1/s1. The molecule has 2 atom stereocenters. The third kappa shape index (κ3) is 4.83. The summed E-state index contributed by atoms with van der Waals surface area (Å²) in [6.45, 7) is 0.531. The number of fused-ring (bicyclic) bond motifs is 1. The highest BCUT2D eigenvalue weighted by Crippen LogP contribution is 2.49. The van der Waals surface area contributed by atoms with Gasteiger partial charge in [0.1, 0.15) is 6.33 Å². The third-order valence-corrected chi connectivity index (χ3v) is 8.53. The third-order valence-electron chi connectivity index (χ3n) is 8.53. The van der Waals surface area contributed by atoms with E-state index in [4.69, 9.17) is 0 Å². The topological polar surface area (TPSA) is 80.4 Å². The quantitative estimate of drug-likeness (QED) is 0.392. The summed E-state index contributed by atoms with van der Waals surface area (Å²) in [6.07, 6.45) is 4.23. The smallest absolute Gasteiger partial charge is 0.262 e. The second-order valence-corrected chi connectivity index (χ2v) is 11.1. The summed E-state index contributed by atoms with van der Waals surface area (Å²) >= 11 is 0. The Morgan fingerprint density at radius 1 is 0.975 bits per heavy atom. The summed E-state index contributed by atoms with van der Waals surface area (Å²) in [5, 5.41) is 11.8. The Balaban J connectivity index is 1.16. The number of nitrogens with zero attached hydrogens (tertiary/aromatic N) is 4. The van der Waals surface area contributed by atoms with Gasteiger partial charge >= 0.3 is 0 Å². The molecule has 6 rings (SSSR count). The fourth-order valence-corrected chi connectivity index (χ4v) is 6.39. The maximum Gasteiger partial charge on any atom is 0.262 e. The molecule has 3 heterocycles. The zero-order chi connectivity index (χ0) is 27.9. The van der Waals surface area contributed by atoms with Crippen LogP contribution in [0.2, 0.25) is 0 Å². The lowest BCUT2D eigenvalue weighted by Crippen LogP contribution is -2.52. The lowest BCUT2D eigenvalue weighted by molar-refractivity contribution is -0.150. The molecule has 1 saturated carbocycles. The van der Waals surface area contributed by atoms with Crippen LogP contribution in [0.3, 0.4) is 0 Å². The van der Waals surface area contributed by atoms with Gasteiger partial charge in [0.2, 0.25) is 5.91 Å². The summed E-state index contributed by atoms with van der Waals surface area (Å²) in [5.74, 6) is -5.20. The number of alkyl halides is 2. The van der Waals surface area contributed by atoms with Crippen molar-refractivity contribution in [2.24, 2.45) is 5.92 Å². The number of rotatable bonds is 5. The Kier molecular flexibility index (Phi) is 6.78. The monoisotopic (exact) mass is 546 g/mol. The number of aromatic nitrogens is 3. The van der Waals surface area contributed by atoms with Gasteiger partial charge in [0.25, 0.3) is 11.5 Å². The van der Waals surface area contributed by atoms with Crippen LogP contribution in [-0.2, 0) is 11.3 Å². The summed E-state index contributed by atoms with van der Waals surface area (Å²) in [6, 6.07) is 19.9. The first-order chi connectivity index (χ1) is 19.3. The van der Waals surface area contributed by atoms with E-state index in [9.17, 15) is 14.7 Å². The number of carbonyl (C=O) groups is 1. The first-order valence-electron chi connectivity index (χ1n) is 13.8. The number of hydrogen-bond donors (Lipinski definition) is 1. The molecule has 1 amide bonds. The Labute approximate surface area is 230 Å². The van der Waals surface area contributed by atoms with Crippen molar-refractivity contribution < 1.29 is 18.7 Å². The van der Waals surface area contributed by atoms with Gasteiger partial charge in [0, 0.05) is 31.4 Å². The van der Waals surface area contributed by atoms with Crippen LogP contribution < -0.4 is 5.56 Å². The fourth-order valence-electron chi connectivity index (χ4n) is 6.39. The molecule has 1 N–H and O–H groups in total. The van der Waals surface area contributed by atoms with Crippen molar-refractivity contribution in [3.8, 4) is 5.69 Å². The van der Waals surface area contributed by atoms with Gasteiger partial charge in [-0.25, -0.2) is 13.8 Å². The van der Waals surface area contributed by atoms with E-state index in [2.05, 4.69) is 4.98 Å². The lowest BCUT2D eigenvalue weighted by Gasteiger charge is -2.43. The zero-order valence-electron chi connectivity index (χ0n) is 22.1. The van der Waals surface area contributed by atoms with Crippen LogP contribution in [0.5, 0.6) is 0 Å². The van der Waals surface area contributed by atoms with Gasteiger partial charge in [-0.05, 0) is 49.4 Å². The number of amides is 1.